The zero-order valence-electron chi connectivity index (χ0n) is 10.2. The second-order valence-electron chi connectivity index (χ2n) is 9.94. The number of rotatable bonds is 0. The Kier molecular flexibility index (Phi) is 0.555. The first-order valence-corrected chi connectivity index (χ1v) is 8.74. The van der Waals surface area contributed by atoms with Crippen LogP contribution < -0.4 is 0 Å². The Morgan fingerprint density at radius 3 is 0.722 bits per heavy atom. The number of allylic oxidation sites excluding steroid dienone is 2. The molecular formula is C18H16. The molecule has 0 heterocycles. The highest BCUT2D eigenvalue weighted by Gasteiger charge is 2.96. The van der Waals surface area contributed by atoms with Crippen molar-refractivity contribution in [3.63, 3.8) is 0 Å². The molecule has 12 aliphatic rings. The molecule has 0 aliphatic heterocycles. The van der Waals surface area contributed by atoms with Gasteiger partial charge in [0, 0.05) is 0 Å². The highest BCUT2D eigenvalue weighted by Crippen LogP contribution is 3.00. The van der Waals surface area contributed by atoms with Gasteiger partial charge in [0.25, 0.3) is 0 Å². The minimum absolute atomic E-state index is 1.21. The van der Waals surface area contributed by atoms with E-state index in [9.17, 15) is 0 Å². The van der Waals surface area contributed by atoms with Crippen LogP contribution in [0.1, 0.15) is 0 Å². The van der Waals surface area contributed by atoms with E-state index in [4.69, 9.17) is 0 Å². The average molecular weight is 232 g/mol. The summed E-state index contributed by atoms with van der Waals surface area (Å²) in [6, 6.07) is 0. The van der Waals surface area contributed by atoms with Gasteiger partial charge in [0.2, 0.25) is 0 Å². The zero-order chi connectivity index (χ0) is 10.4. The minimum atomic E-state index is 1.21. The van der Waals surface area contributed by atoms with Gasteiger partial charge in [0.1, 0.15) is 0 Å². The summed E-state index contributed by atoms with van der Waals surface area (Å²) in [5, 5.41) is 0. The fourth-order valence-corrected chi connectivity index (χ4v) is 11.7. The molecule has 4 bridgehead atoms. The molecule has 0 spiro atoms. The van der Waals surface area contributed by atoms with Crippen molar-refractivity contribution >= 4 is 0 Å². The summed E-state index contributed by atoms with van der Waals surface area (Å²) in [4.78, 5) is 0. The zero-order valence-corrected chi connectivity index (χ0v) is 10.2. The summed E-state index contributed by atoms with van der Waals surface area (Å²) in [6.07, 6.45) is 0. The normalized spacial score (nSPS) is 100. The molecule has 18 heavy (non-hydrogen) atoms. The summed E-state index contributed by atoms with van der Waals surface area (Å²) in [6.45, 7) is 0. The lowest BCUT2D eigenvalue weighted by atomic mass is 9.20. The van der Waals surface area contributed by atoms with Crippen LogP contribution in [-0.2, 0) is 0 Å². The SMILES string of the molecule is C1(=C2C3C4C5C2C2C3C4C52)C2C3C4C1C1C2C3C41. The molecule has 12 fully saturated rings. The van der Waals surface area contributed by atoms with Gasteiger partial charge in [-0.05, 0) is 94.7 Å². The molecule has 0 amide bonds. The topological polar surface area (TPSA) is 0 Å². The van der Waals surface area contributed by atoms with Crippen LogP contribution in [0.3, 0.4) is 0 Å². The predicted molar refractivity (Wildman–Crippen MR) is 62.9 cm³/mol. The molecule has 0 heteroatoms. The van der Waals surface area contributed by atoms with Crippen molar-refractivity contribution < 1.29 is 0 Å². The Labute approximate surface area is 106 Å². The molecule has 12 rings (SSSR count). The van der Waals surface area contributed by atoms with E-state index in [1.807, 2.05) is 0 Å². The van der Waals surface area contributed by atoms with Crippen molar-refractivity contribution in [3.8, 4) is 0 Å². The second kappa shape index (κ2) is 1.44. The van der Waals surface area contributed by atoms with E-state index in [0.717, 1.165) is 0 Å². The Balaban J connectivity index is 1.33. The van der Waals surface area contributed by atoms with Gasteiger partial charge in [-0.3, -0.25) is 0 Å². The van der Waals surface area contributed by atoms with Crippen molar-refractivity contribution in [2.75, 3.05) is 0 Å². The van der Waals surface area contributed by atoms with Crippen LogP contribution in [0.5, 0.6) is 0 Å². The van der Waals surface area contributed by atoms with Gasteiger partial charge in [0.15, 0.2) is 0 Å². The molecule has 12 aliphatic carbocycles. The lowest BCUT2D eigenvalue weighted by Crippen LogP contribution is -2.81. The lowest BCUT2D eigenvalue weighted by molar-refractivity contribution is -0.379. The van der Waals surface area contributed by atoms with E-state index in [2.05, 4.69) is 11.1 Å². The molecule has 0 aromatic carbocycles. The van der Waals surface area contributed by atoms with Gasteiger partial charge in [-0.25, -0.2) is 0 Å². The van der Waals surface area contributed by atoms with Crippen LogP contribution in [-0.4, -0.2) is 0 Å². The van der Waals surface area contributed by atoms with Crippen LogP contribution in [0.15, 0.2) is 11.1 Å². The Morgan fingerprint density at radius 1 is 0.278 bits per heavy atom. The molecule has 0 nitrogen and oxygen atoms in total. The van der Waals surface area contributed by atoms with Crippen molar-refractivity contribution in [2.24, 2.45) is 94.7 Å². The monoisotopic (exact) mass is 232 g/mol. The highest BCUT2D eigenvalue weighted by molar-refractivity contribution is 5.59. The van der Waals surface area contributed by atoms with Gasteiger partial charge in [0.05, 0.1) is 0 Å². The van der Waals surface area contributed by atoms with E-state index < -0.39 is 0 Å². The molecule has 12 saturated carbocycles. The molecule has 0 saturated heterocycles. The van der Waals surface area contributed by atoms with Gasteiger partial charge in [-0.15, -0.1) is 0 Å². The minimum Gasteiger partial charge on any atom is -0.0630 e. The second-order valence-corrected chi connectivity index (χ2v) is 9.94. The van der Waals surface area contributed by atoms with Gasteiger partial charge >= 0.3 is 0 Å². The van der Waals surface area contributed by atoms with Crippen LogP contribution in [0.4, 0.5) is 0 Å². The Morgan fingerprint density at radius 2 is 0.500 bits per heavy atom. The summed E-state index contributed by atoms with van der Waals surface area (Å²) in [7, 11) is 0. The first-order chi connectivity index (χ1) is 9.00. The maximum atomic E-state index is 2.21. The quantitative estimate of drug-likeness (QED) is 0.562. The summed E-state index contributed by atoms with van der Waals surface area (Å²) in [5.41, 5.74) is 4.41. The molecule has 0 N–H and O–H groups in total. The molecule has 0 radical (unpaired) electrons. The maximum Gasteiger partial charge on any atom is -0.0129 e. The van der Waals surface area contributed by atoms with E-state index in [0.29, 0.717) is 0 Å². The van der Waals surface area contributed by atoms with Crippen molar-refractivity contribution in [2.45, 2.75) is 0 Å². The van der Waals surface area contributed by atoms with Gasteiger partial charge < -0.3 is 0 Å². The standard InChI is InChI=1S/C18H16/c1-2-10-4-3(9(1)10)13(1)17(14(2)4)18-15-5-6-12-8(16(6)18)7(15)11(5)12/h1-16H. The molecule has 8 atom stereocenters. The van der Waals surface area contributed by atoms with E-state index in [-0.39, 0.29) is 0 Å². The van der Waals surface area contributed by atoms with Gasteiger partial charge in [-0.1, -0.05) is 11.1 Å². The van der Waals surface area contributed by atoms with Crippen molar-refractivity contribution in [1.29, 1.82) is 0 Å². The first kappa shape index (κ1) is 6.95. The van der Waals surface area contributed by atoms with E-state index in [1.54, 1.807) is 0 Å². The number of hydrogen-bond donors (Lipinski definition) is 0. The molecule has 0 aromatic rings. The fraction of sp³-hybridized carbons (Fsp3) is 0.889. The van der Waals surface area contributed by atoms with Crippen molar-refractivity contribution in [3.05, 3.63) is 11.1 Å². The number of hydrogen-bond acceptors (Lipinski definition) is 0. The third kappa shape index (κ3) is 0.295. The van der Waals surface area contributed by atoms with Crippen LogP contribution in [0.25, 0.3) is 0 Å². The van der Waals surface area contributed by atoms with E-state index >= 15 is 0 Å². The summed E-state index contributed by atoms with van der Waals surface area (Å²) >= 11 is 0. The van der Waals surface area contributed by atoms with E-state index in [1.165, 1.54) is 94.7 Å². The van der Waals surface area contributed by atoms with Crippen molar-refractivity contribution in [1.82, 2.24) is 0 Å². The Bertz CT molecular complexity index is 532. The first-order valence-electron chi connectivity index (χ1n) is 8.74. The summed E-state index contributed by atoms with van der Waals surface area (Å²) in [5.74, 6) is 20.3. The average Bonchev–Trinajstić information content (AvgIpc) is 2.73. The molecule has 0 aromatic heterocycles. The van der Waals surface area contributed by atoms with Gasteiger partial charge in [-0.2, -0.15) is 0 Å². The third-order valence-corrected chi connectivity index (χ3v) is 11.3. The predicted octanol–water partition coefficient (Wildman–Crippen LogP) is 2.28. The smallest absolute Gasteiger partial charge is 0.0129 e. The molecule has 8 unspecified atom stereocenters. The largest absolute Gasteiger partial charge is 0.0630 e. The molecule has 88 valence electrons. The highest BCUT2D eigenvalue weighted by atomic mass is 15.0. The lowest BCUT2D eigenvalue weighted by Gasteiger charge is -2.84. The van der Waals surface area contributed by atoms with Crippen LogP contribution in [0.2, 0.25) is 0 Å². The Hall–Kier alpha value is -0.260. The fourth-order valence-electron chi connectivity index (χ4n) is 11.7. The third-order valence-electron chi connectivity index (χ3n) is 11.3. The van der Waals surface area contributed by atoms with Crippen LogP contribution in [0, 0.1) is 94.7 Å². The molecular weight excluding hydrogens is 216 g/mol. The summed E-state index contributed by atoms with van der Waals surface area (Å²) < 4.78 is 0. The van der Waals surface area contributed by atoms with Crippen LogP contribution >= 0.6 is 0 Å². The maximum absolute atomic E-state index is 2.21.